The van der Waals surface area contributed by atoms with E-state index in [1.165, 1.54) is 12.0 Å². The summed E-state index contributed by atoms with van der Waals surface area (Å²) in [5.74, 6) is 0.0510. The summed E-state index contributed by atoms with van der Waals surface area (Å²) in [7, 11) is 0. The Kier molecular flexibility index (Phi) is 3.84. The molecule has 0 aromatic heterocycles. The Morgan fingerprint density at radius 3 is 2.47 bits per heavy atom. The highest BCUT2D eigenvalue weighted by Crippen LogP contribution is 2.41. The van der Waals surface area contributed by atoms with E-state index in [-0.39, 0.29) is 11.4 Å². The fraction of sp³-hybridized carbons (Fsp3) is 0.462. The average molecular weight is 297 g/mol. The van der Waals surface area contributed by atoms with Crippen molar-refractivity contribution in [1.29, 1.82) is 0 Å². The number of nitrogens with two attached hydrogens (primary N) is 1. The molecular weight excluding hydrogens is 280 g/mol. The van der Waals surface area contributed by atoms with Crippen LogP contribution in [0.15, 0.2) is 28.7 Å². The van der Waals surface area contributed by atoms with Crippen LogP contribution < -0.4 is 11.1 Å². The van der Waals surface area contributed by atoms with Crippen molar-refractivity contribution >= 4 is 21.8 Å². The molecule has 1 aliphatic rings. The van der Waals surface area contributed by atoms with E-state index in [2.05, 4.69) is 33.4 Å². The molecule has 92 valence electrons. The van der Waals surface area contributed by atoms with Gasteiger partial charge in [-0.2, -0.15) is 0 Å². The van der Waals surface area contributed by atoms with Crippen molar-refractivity contribution in [3.8, 4) is 0 Å². The Hall–Kier alpha value is -0.870. The zero-order valence-corrected chi connectivity index (χ0v) is 11.3. The minimum atomic E-state index is -0.146. The molecule has 3 nitrogen and oxygen atoms in total. The van der Waals surface area contributed by atoms with Gasteiger partial charge in [-0.1, -0.05) is 28.1 Å². The third-order valence-corrected chi connectivity index (χ3v) is 3.88. The number of carbonyl (C=O) groups is 1. The Balaban J connectivity index is 2.14. The highest BCUT2D eigenvalue weighted by molar-refractivity contribution is 9.10. The van der Waals surface area contributed by atoms with Crippen LogP contribution in [0, 0.1) is 0 Å². The second-order valence-electron chi connectivity index (χ2n) is 4.53. The number of carbonyl (C=O) groups excluding carboxylic acids is 1. The number of rotatable bonds is 4. The number of halogens is 1. The minimum Gasteiger partial charge on any atom is -0.347 e. The largest absolute Gasteiger partial charge is 0.347 e. The molecule has 1 amide bonds. The molecule has 1 saturated carbocycles. The summed E-state index contributed by atoms with van der Waals surface area (Å²) in [6.45, 7) is 0.405. The molecule has 0 atom stereocenters. The number of nitrogens with one attached hydrogen (secondary N) is 1. The third-order valence-electron chi connectivity index (χ3n) is 3.35. The monoisotopic (exact) mass is 296 g/mol. The van der Waals surface area contributed by atoms with Gasteiger partial charge in [0, 0.05) is 17.4 Å². The smallest absolute Gasteiger partial charge is 0.221 e. The van der Waals surface area contributed by atoms with E-state index in [1.54, 1.807) is 0 Å². The summed E-state index contributed by atoms with van der Waals surface area (Å²) < 4.78 is 1.06. The van der Waals surface area contributed by atoms with Crippen LogP contribution in [-0.2, 0) is 10.3 Å². The molecule has 0 saturated heterocycles. The Morgan fingerprint density at radius 2 is 2.00 bits per heavy atom. The molecule has 4 heteroatoms. The predicted octanol–water partition coefficient (Wildman–Crippen LogP) is 2.29. The lowest BCUT2D eigenvalue weighted by Gasteiger charge is -2.43. The molecule has 0 radical (unpaired) electrons. The SMILES string of the molecule is NCCC(=O)NC1(c2ccc(Br)cc2)CCC1. The van der Waals surface area contributed by atoms with Crippen LogP contribution >= 0.6 is 15.9 Å². The first-order valence-electron chi connectivity index (χ1n) is 5.93. The van der Waals surface area contributed by atoms with Crippen molar-refractivity contribution in [2.75, 3.05) is 6.54 Å². The predicted molar refractivity (Wildman–Crippen MR) is 71.5 cm³/mol. The van der Waals surface area contributed by atoms with Crippen LogP contribution in [0.25, 0.3) is 0 Å². The molecule has 3 N–H and O–H groups in total. The molecule has 0 spiro atoms. The van der Waals surface area contributed by atoms with E-state index in [0.717, 1.165) is 17.3 Å². The maximum Gasteiger partial charge on any atom is 0.221 e. The zero-order valence-electron chi connectivity index (χ0n) is 9.71. The number of amides is 1. The molecule has 1 aromatic rings. The highest BCUT2D eigenvalue weighted by Gasteiger charge is 2.39. The van der Waals surface area contributed by atoms with Crippen molar-refractivity contribution in [1.82, 2.24) is 5.32 Å². The fourth-order valence-electron chi connectivity index (χ4n) is 2.25. The Morgan fingerprint density at radius 1 is 1.35 bits per heavy atom. The lowest BCUT2D eigenvalue weighted by molar-refractivity contribution is -0.124. The van der Waals surface area contributed by atoms with Gasteiger partial charge in [-0.25, -0.2) is 0 Å². The summed E-state index contributed by atoms with van der Waals surface area (Å²) in [6.07, 6.45) is 3.60. The average Bonchev–Trinajstić information content (AvgIpc) is 2.25. The summed E-state index contributed by atoms with van der Waals surface area (Å²) in [4.78, 5) is 11.7. The molecule has 0 bridgehead atoms. The molecule has 1 aromatic carbocycles. The second-order valence-corrected chi connectivity index (χ2v) is 5.45. The van der Waals surface area contributed by atoms with Crippen LogP contribution in [0.1, 0.15) is 31.2 Å². The first-order chi connectivity index (χ1) is 8.16. The lowest BCUT2D eigenvalue weighted by atomic mass is 9.71. The summed E-state index contributed by atoms with van der Waals surface area (Å²) in [5.41, 5.74) is 6.45. The van der Waals surface area contributed by atoms with Crippen molar-refractivity contribution in [2.45, 2.75) is 31.2 Å². The van der Waals surface area contributed by atoms with Crippen LogP contribution in [0.5, 0.6) is 0 Å². The van der Waals surface area contributed by atoms with Gasteiger partial charge in [-0.3, -0.25) is 4.79 Å². The van der Waals surface area contributed by atoms with Gasteiger partial charge >= 0.3 is 0 Å². The highest BCUT2D eigenvalue weighted by atomic mass is 79.9. The van der Waals surface area contributed by atoms with Crippen LogP contribution in [0.2, 0.25) is 0 Å². The first kappa shape index (κ1) is 12.6. The van der Waals surface area contributed by atoms with Crippen LogP contribution in [-0.4, -0.2) is 12.5 Å². The summed E-state index contributed by atoms with van der Waals surface area (Å²) in [5, 5.41) is 3.13. The molecular formula is C13H17BrN2O. The van der Waals surface area contributed by atoms with Crippen LogP contribution in [0.3, 0.4) is 0 Å². The van der Waals surface area contributed by atoms with Gasteiger partial charge in [0.25, 0.3) is 0 Å². The van der Waals surface area contributed by atoms with Gasteiger partial charge < -0.3 is 11.1 Å². The van der Waals surface area contributed by atoms with E-state index < -0.39 is 0 Å². The number of hydrogen-bond donors (Lipinski definition) is 2. The Bertz CT molecular complexity index is 398. The molecule has 0 aliphatic heterocycles. The van der Waals surface area contributed by atoms with Gasteiger partial charge in [0.05, 0.1) is 5.54 Å². The van der Waals surface area contributed by atoms with Gasteiger partial charge in [0.15, 0.2) is 0 Å². The molecule has 1 fully saturated rings. The van der Waals surface area contributed by atoms with E-state index >= 15 is 0 Å². The quantitative estimate of drug-likeness (QED) is 0.896. The topological polar surface area (TPSA) is 55.1 Å². The van der Waals surface area contributed by atoms with Gasteiger partial charge in [0.1, 0.15) is 0 Å². The maximum atomic E-state index is 11.7. The summed E-state index contributed by atoms with van der Waals surface area (Å²) >= 11 is 3.42. The maximum absolute atomic E-state index is 11.7. The van der Waals surface area contributed by atoms with Gasteiger partial charge in [-0.15, -0.1) is 0 Å². The standard InChI is InChI=1S/C13H17BrN2O/c14-11-4-2-10(3-5-11)13(7-1-8-13)16-12(17)6-9-15/h2-5H,1,6-9,15H2,(H,16,17). The van der Waals surface area contributed by atoms with E-state index in [4.69, 9.17) is 5.73 Å². The van der Waals surface area contributed by atoms with Gasteiger partial charge in [-0.05, 0) is 37.0 Å². The van der Waals surface area contributed by atoms with Crippen molar-refractivity contribution < 1.29 is 4.79 Å². The van der Waals surface area contributed by atoms with E-state index in [0.29, 0.717) is 13.0 Å². The van der Waals surface area contributed by atoms with E-state index in [1.807, 2.05) is 12.1 Å². The molecule has 1 aliphatic carbocycles. The third kappa shape index (κ3) is 2.69. The minimum absolute atomic E-state index is 0.0510. The summed E-state index contributed by atoms with van der Waals surface area (Å²) in [6, 6.07) is 8.19. The molecule has 2 rings (SSSR count). The van der Waals surface area contributed by atoms with Crippen molar-refractivity contribution in [2.24, 2.45) is 5.73 Å². The normalized spacial score (nSPS) is 17.3. The second kappa shape index (κ2) is 5.19. The zero-order chi connectivity index (χ0) is 12.3. The first-order valence-corrected chi connectivity index (χ1v) is 6.73. The molecule has 17 heavy (non-hydrogen) atoms. The lowest BCUT2D eigenvalue weighted by Crippen LogP contribution is -2.51. The molecule has 0 heterocycles. The molecule has 0 unspecified atom stereocenters. The Labute approximate surface area is 110 Å². The van der Waals surface area contributed by atoms with Crippen molar-refractivity contribution in [3.63, 3.8) is 0 Å². The van der Waals surface area contributed by atoms with Crippen LogP contribution in [0.4, 0.5) is 0 Å². The van der Waals surface area contributed by atoms with Crippen molar-refractivity contribution in [3.05, 3.63) is 34.3 Å². The fourth-order valence-corrected chi connectivity index (χ4v) is 2.51. The van der Waals surface area contributed by atoms with Gasteiger partial charge in [0.2, 0.25) is 5.91 Å². The number of hydrogen-bond acceptors (Lipinski definition) is 2. The number of benzene rings is 1. The van der Waals surface area contributed by atoms with E-state index in [9.17, 15) is 4.79 Å².